The maximum Gasteiger partial charge on any atom is 0.414 e. The Labute approximate surface area is 138 Å². The zero-order valence-electron chi connectivity index (χ0n) is 12.4. The molecule has 0 saturated carbocycles. The quantitative estimate of drug-likeness (QED) is 0.633. The Hall–Kier alpha value is -2.53. The van der Waals surface area contributed by atoms with Crippen molar-refractivity contribution in [3.05, 3.63) is 58.6 Å². The van der Waals surface area contributed by atoms with Crippen molar-refractivity contribution in [3.63, 3.8) is 0 Å². The van der Waals surface area contributed by atoms with Crippen molar-refractivity contribution in [3.8, 4) is 5.75 Å². The van der Waals surface area contributed by atoms with Crippen molar-refractivity contribution in [1.82, 2.24) is 0 Å². The highest BCUT2D eigenvalue weighted by Gasteiger charge is 2.24. The largest absolute Gasteiger partial charge is 0.447 e. The molecule has 0 atom stereocenters. The van der Waals surface area contributed by atoms with E-state index < -0.39 is 12.1 Å². The maximum atomic E-state index is 12.3. The average molecular weight is 332 g/mol. The van der Waals surface area contributed by atoms with E-state index in [2.05, 4.69) is 0 Å². The lowest BCUT2D eigenvalue weighted by Crippen LogP contribution is -2.23. The fraction of sp³-hybridized carbons (Fsp3) is 0.176. The summed E-state index contributed by atoms with van der Waals surface area (Å²) in [7, 11) is 0. The van der Waals surface area contributed by atoms with E-state index in [0.29, 0.717) is 35.2 Å². The number of esters is 1. The van der Waals surface area contributed by atoms with Crippen LogP contribution in [0.2, 0.25) is 5.02 Å². The summed E-state index contributed by atoms with van der Waals surface area (Å²) in [5.41, 5.74) is 1.73. The van der Waals surface area contributed by atoms with Crippen LogP contribution in [0, 0.1) is 6.92 Å². The molecule has 1 fully saturated rings. The van der Waals surface area contributed by atoms with Crippen LogP contribution in [0.4, 0.5) is 10.5 Å². The van der Waals surface area contributed by atoms with Crippen LogP contribution in [0.1, 0.15) is 15.9 Å². The molecule has 0 radical (unpaired) electrons. The molecule has 0 aliphatic carbocycles. The second-order valence-electron chi connectivity index (χ2n) is 5.12. The van der Waals surface area contributed by atoms with E-state index in [0.717, 1.165) is 5.56 Å². The monoisotopic (exact) mass is 331 g/mol. The molecule has 0 N–H and O–H groups in total. The van der Waals surface area contributed by atoms with Crippen molar-refractivity contribution in [2.75, 3.05) is 18.1 Å². The molecule has 0 bridgehead atoms. The van der Waals surface area contributed by atoms with E-state index in [4.69, 9.17) is 21.1 Å². The van der Waals surface area contributed by atoms with Crippen molar-refractivity contribution < 1.29 is 19.1 Å². The Morgan fingerprint density at radius 2 is 2.09 bits per heavy atom. The Morgan fingerprint density at radius 3 is 2.78 bits per heavy atom. The summed E-state index contributed by atoms with van der Waals surface area (Å²) in [5.74, 6) is -0.0461. The zero-order valence-corrected chi connectivity index (χ0v) is 13.2. The number of halogens is 1. The van der Waals surface area contributed by atoms with Gasteiger partial charge in [0.25, 0.3) is 0 Å². The highest BCUT2D eigenvalue weighted by atomic mass is 35.5. The van der Waals surface area contributed by atoms with Gasteiger partial charge in [-0.25, -0.2) is 9.59 Å². The van der Waals surface area contributed by atoms with Crippen LogP contribution in [0.15, 0.2) is 42.5 Å². The van der Waals surface area contributed by atoms with Crippen LogP contribution < -0.4 is 9.64 Å². The first kappa shape index (κ1) is 15.4. The van der Waals surface area contributed by atoms with Gasteiger partial charge in [-0.1, -0.05) is 17.7 Å². The van der Waals surface area contributed by atoms with Gasteiger partial charge < -0.3 is 9.47 Å². The lowest BCUT2D eigenvalue weighted by molar-refractivity contribution is 0.0733. The first-order chi connectivity index (χ1) is 11.0. The van der Waals surface area contributed by atoms with Crippen LogP contribution in [-0.2, 0) is 4.74 Å². The minimum atomic E-state index is -0.496. The summed E-state index contributed by atoms with van der Waals surface area (Å²) in [6.07, 6.45) is -0.413. The van der Waals surface area contributed by atoms with Gasteiger partial charge in [-0.3, -0.25) is 4.90 Å². The fourth-order valence-electron chi connectivity index (χ4n) is 2.31. The number of rotatable bonds is 3. The molecule has 2 aromatic carbocycles. The Morgan fingerprint density at radius 1 is 1.26 bits per heavy atom. The number of ether oxygens (including phenoxy) is 2. The molecule has 0 spiro atoms. The molecule has 1 aliphatic heterocycles. The molecule has 0 aromatic heterocycles. The molecule has 1 heterocycles. The van der Waals surface area contributed by atoms with Crippen molar-refractivity contribution in [2.24, 2.45) is 0 Å². The number of carbonyl (C=O) groups is 2. The molecule has 118 valence electrons. The number of hydrogen-bond donors (Lipinski definition) is 0. The molecule has 2 aromatic rings. The molecular formula is C17H14ClNO4. The Kier molecular flexibility index (Phi) is 4.21. The summed E-state index contributed by atoms with van der Waals surface area (Å²) in [6.45, 7) is 2.62. The van der Waals surface area contributed by atoms with E-state index in [1.807, 2.05) is 6.92 Å². The number of benzene rings is 2. The molecule has 1 aliphatic rings. The highest BCUT2D eigenvalue weighted by Crippen LogP contribution is 2.24. The molecular weight excluding hydrogens is 318 g/mol. The second kappa shape index (κ2) is 6.30. The van der Waals surface area contributed by atoms with E-state index in [-0.39, 0.29) is 0 Å². The van der Waals surface area contributed by atoms with Gasteiger partial charge in [0, 0.05) is 10.7 Å². The van der Waals surface area contributed by atoms with Gasteiger partial charge in [-0.2, -0.15) is 0 Å². The van der Waals surface area contributed by atoms with Crippen molar-refractivity contribution in [2.45, 2.75) is 6.92 Å². The Balaban J connectivity index is 1.81. The molecule has 5 nitrogen and oxygen atoms in total. The average Bonchev–Trinajstić information content (AvgIpc) is 2.96. The molecule has 1 amide bonds. The number of carbonyl (C=O) groups excluding carboxylic acids is 2. The standard InChI is InChI=1S/C17H14ClNO4/c1-11-9-13(18)5-6-15(11)23-16(20)12-3-2-4-14(10-12)19-7-8-22-17(19)21/h2-6,9-10H,7-8H2,1H3. The molecule has 3 rings (SSSR count). The van der Waals surface area contributed by atoms with Gasteiger partial charge in [0.15, 0.2) is 0 Å². The smallest absolute Gasteiger partial charge is 0.414 e. The van der Waals surface area contributed by atoms with Crippen LogP contribution in [0.5, 0.6) is 5.75 Å². The molecule has 1 saturated heterocycles. The second-order valence-corrected chi connectivity index (χ2v) is 5.55. The zero-order chi connectivity index (χ0) is 16.4. The minimum Gasteiger partial charge on any atom is -0.447 e. The number of amides is 1. The van der Waals surface area contributed by atoms with Crippen LogP contribution in [-0.4, -0.2) is 25.2 Å². The van der Waals surface area contributed by atoms with E-state index >= 15 is 0 Å². The third-order valence-electron chi connectivity index (χ3n) is 3.49. The molecule has 0 unspecified atom stereocenters. The van der Waals surface area contributed by atoms with Gasteiger partial charge in [0.2, 0.25) is 0 Å². The summed E-state index contributed by atoms with van der Waals surface area (Å²) in [6, 6.07) is 11.7. The normalized spacial score (nSPS) is 13.8. The van der Waals surface area contributed by atoms with Crippen molar-refractivity contribution in [1.29, 1.82) is 0 Å². The lowest BCUT2D eigenvalue weighted by Gasteiger charge is -2.14. The van der Waals surface area contributed by atoms with Gasteiger partial charge in [0.05, 0.1) is 12.1 Å². The third kappa shape index (κ3) is 3.29. The van der Waals surface area contributed by atoms with Crippen molar-refractivity contribution >= 4 is 29.4 Å². The SMILES string of the molecule is Cc1cc(Cl)ccc1OC(=O)c1cccc(N2CCOC2=O)c1. The van der Waals surface area contributed by atoms with Gasteiger partial charge in [0.1, 0.15) is 12.4 Å². The number of hydrogen-bond acceptors (Lipinski definition) is 4. The fourth-order valence-corrected chi connectivity index (χ4v) is 2.54. The maximum absolute atomic E-state index is 12.3. The third-order valence-corrected chi connectivity index (χ3v) is 3.73. The first-order valence-electron chi connectivity index (χ1n) is 7.07. The van der Waals surface area contributed by atoms with E-state index in [1.165, 1.54) is 4.90 Å². The summed E-state index contributed by atoms with van der Waals surface area (Å²) in [5, 5.41) is 0.580. The Bertz CT molecular complexity index is 775. The summed E-state index contributed by atoms with van der Waals surface area (Å²) >= 11 is 5.89. The summed E-state index contributed by atoms with van der Waals surface area (Å²) in [4.78, 5) is 25.4. The predicted octanol–water partition coefficient (Wildman–Crippen LogP) is 3.82. The van der Waals surface area contributed by atoms with E-state index in [1.54, 1.807) is 42.5 Å². The van der Waals surface area contributed by atoms with Crippen LogP contribution in [0.3, 0.4) is 0 Å². The predicted molar refractivity (Wildman–Crippen MR) is 86.3 cm³/mol. The number of cyclic esters (lactones) is 1. The topological polar surface area (TPSA) is 55.8 Å². The molecule has 23 heavy (non-hydrogen) atoms. The van der Waals surface area contributed by atoms with Crippen LogP contribution >= 0.6 is 11.6 Å². The van der Waals surface area contributed by atoms with E-state index in [9.17, 15) is 9.59 Å². The van der Waals surface area contributed by atoms with Gasteiger partial charge in [-0.05, 0) is 48.9 Å². The number of nitrogens with zero attached hydrogens (tertiary/aromatic N) is 1. The number of aryl methyl sites for hydroxylation is 1. The minimum absolute atomic E-state index is 0.345. The first-order valence-corrected chi connectivity index (χ1v) is 7.45. The lowest BCUT2D eigenvalue weighted by atomic mass is 10.2. The van der Waals surface area contributed by atoms with Gasteiger partial charge >= 0.3 is 12.1 Å². The molecule has 6 heteroatoms. The summed E-state index contributed by atoms with van der Waals surface area (Å²) < 4.78 is 10.3. The van der Waals surface area contributed by atoms with Gasteiger partial charge in [-0.15, -0.1) is 0 Å². The highest BCUT2D eigenvalue weighted by molar-refractivity contribution is 6.30. The van der Waals surface area contributed by atoms with Crippen LogP contribution in [0.25, 0.3) is 0 Å². The number of anilines is 1.